The summed E-state index contributed by atoms with van der Waals surface area (Å²) in [5, 5.41) is 8.79. The Morgan fingerprint density at radius 2 is 2.20 bits per heavy atom. The maximum Gasteiger partial charge on any atom is 0.129 e. The monoisotopic (exact) mass is 274 g/mol. The van der Waals surface area contributed by atoms with Gasteiger partial charge in [0.15, 0.2) is 0 Å². The molecule has 2 aliphatic rings. The summed E-state index contributed by atoms with van der Waals surface area (Å²) in [4.78, 5) is 2.35. The Labute approximate surface area is 119 Å². The largest absolute Gasteiger partial charge is 0.375 e. The van der Waals surface area contributed by atoms with Gasteiger partial charge in [0.05, 0.1) is 24.3 Å². The molecule has 1 aliphatic carbocycles. The molecule has 0 amide bonds. The first kappa shape index (κ1) is 13.5. The van der Waals surface area contributed by atoms with Crippen molar-refractivity contribution < 1.29 is 9.13 Å². The van der Waals surface area contributed by atoms with Crippen molar-refractivity contribution in [2.75, 3.05) is 13.2 Å². The molecule has 0 unspecified atom stereocenters. The van der Waals surface area contributed by atoms with E-state index in [0.717, 1.165) is 26.0 Å². The Bertz CT molecular complexity index is 524. The lowest BCUT2D eigenvalue weighted by Gasteiger charge is -2.43. The molecule has 0 N–H and O–H groups in total. The first-order valence-corrected chi connectivity index (χ1v) is 7.32. The first-order chi connectivity index (χ1) is 9.78. The van der Waals surface area contributed by atoms with Crippen LogP contribution in [-0.4, -0.2) is 30.2 Å². The molecule has 1 aromatic carbocycles. The molecule has 1 saturated heterocycles. The summed E-state index contributed by atoms with van der Waals surface area (Å²) in [7, 11) is 0. The highest BCUT2D eigenvalue weighted by atomic mass is 19.1. The Hall–Kier alpha value is -1.44. The Balaban J connectivity index is 1.74. The predicted molar refractivity (Wildman–Crippen MR) is 73.5 cm³/mol. The molecule has 0 bridgehead atoms. The molecule has 106 valence electrons. The van der Waals surface area contributed by atoms with E-state index < -0.39 is 0 Å². The summed E-state index contributed by atoms with van der Waals surface area (Å²) in [6.45, 7) is 2.21. The van der Waals surface area contributed by atoms with Gasteiger partial charge in [0, 0.05) is 24.7 Å². The molecule has 1 aliphatic heterocycles. The van der Waals surface area contributed by atoms with Crippen molar-refractivity contribution in [1.29, 1.82) is 5.26 Å². The molecular formula is C16H19FN2O. The molecule has 4 heteroatoms. The van der Waals surface area contributed by atoms with E-state index in [2.05, 4.69) is 4.90 Å². The quantitative estimate of drug-likeness (QED) is 0.832. The van der Waals surface area contributed by atoms with Crippen molar-refractivity contribution in [2.45, 2.75) is 44.4 Å². The molecule has 0 spiro atoms. The van der Waals surface area contributed by atoms with Crippen molar-refractivity contribution in [1.82, 2.24) is 4.90 Å². The molecule has 1 heterocycles. The van der Waals surface area contributed by atoms with Crippen molar-refractivity contribution in [3.05, 3.63) is 35.1 Å². The highest BCUT2D eigenvalue weighted by Crippen LogP contribution is 2.29. The van der Waals surface area contributed by atoms with Crippen LogP contribution in [0.3, 0.4) is 0 Å². The molecule has 3 nitrogen and oxygen atoms in total. The fraction of sp³-hybridized carbons (Fsp3) is 0.562. The fourth-order valence-electron chi connectivity index (χ4n) is 3.34. The van der Waals surface area contributed by atoms with E-state index in [0.29, 0.717) is 29.8 Å². The summed E-state index contributed by atoms with van der Waals surface area (Å²) in [5.74, 6) is -0.275. The minimum Gasteiger partial charge on any atom is -0.375 e. The molecule has 2 atom stereocenters. The Kier molecular flexibility index (Phi) is 4.00. The third kappa shape index (κ3) is 2.70. The Morgan fingerprint density at radius 3 is 3.00 bits per heavy atom. The molecule has 20 heavy (non-hydrogen) atoms. The zero-order valence-corrected chi connectivity index (χ0v) is 11.5. The smallest absolute Gasteiger partial charge is 0.129 e. The highest BCUT2D eigenvalue weighted by molar-refractivity contribution is 5.32. The molecule has 0 aromatic heterocycles. The SMILES string of the molecule is N#Cc1ccc(CN2CCO[C@@H]3CCCC[C@H]32)c(F)c1. The zero-order chi connectivity index (χ0) is 13.9. The third-order valence-corrected chi connectivity index (χ3v) is 4.40. The van der Waals surface area contributed by atoms with Gasteiger partial charge in [-0.1, -0.05) is 18.9 Å². The second-order valence-electron chi connectivity index (χ2n) is 5.65. The van der Waals surface area contributed by atoms with Crippen molar-refractivity contribution in [3.63, 3.8) is 0 Å². The minimum atomic E-state index is -0.275. The molecule has 3 rings (SSSR count). The van der Waals surface area contributed by atoms with E-state index in [4.69, 9.17) is 10.00 Å². The van der Waals surface area contributed by atoms with Gasteiger partial charge in [-0.25, -0.2) is 4.39 Å². The van der Waals surface area contributed by atoms with Gasteiger partial charge < -0.3 is 4.74 Å². The van der Waals surface area contributed by atoms with Crippen LogP contribution in [0.5, 0.6) is 0 Å². The summed E-state index contributed by atoms with van der Waals surface area (Å²) in [5.41, 5.74) is 1.05. The van der Waals surface area contributed by atoms with Crippen LogP contribution in [0.25, 0.3) is 0 Å². The maximum atomic E-state index is 14.0. The summed E-state index contributed by atoms with van der Waals surface area (Å²) in [6.07, 6.45) is 5.05. The van der Waals surface area contributed by atoms with E-state index in [1.165, 1.54) is 18.9 Å². The van der Waals surface area contributed by atoms with Crippen LogP contribution in [0.1, 0.15) is 36.8 Å². The van der Waals surface area contributed by atoms with Gasteiger partial charge in [0.25, 0.3) is 0 Å². The van der Waals surface area contributed by atoms with Gasteiger partial charge in [-0.15, -0.1) is 0 Å². The average molecular weight is 274 g/mol. The molecule has 0 radical (unpaired) electrons. The second-order valence-corrected chi connectivity index (χ2v) is 5.65. The van der Waals surface area contributed by atoms with E-state index in [9.17, 15) is 4.39 Å². The van der Waals surface area contributed by atoms with Gasteiger partial charge in [-0.2, -0.15) is 5.26 Å². The molecular weight excluding hydrogens is 255 g/mol. The van der Waals surface area contributed by atoms with Crippen LogP contribution in [0.2, 0.25) is 0 Å². The van der Waals surface area contributed by atoms with Gasteiger partial charge in [-0.05, 0) is 25.0 Å². The highest BCUT2D eigenvalue weighted by Gasteiger charge is 2.34. The average Bonchev–Trinajstić information content (AvgIpc) is 2.49. The molecule has 1 aromatic rings. The normalized spacial score (nSPS) is 26.8. The van der Waals surface area contributed by atoms with E-state index in [1.807, 2.05) is 6.07 Å². The van der Waals surface area contributed by atoms with Gasteiger partial charge in [0.1, 0.15) is 5.82 Å². The lowest BCUT2D eigenvalue weighted by molar-refractivity contribution is -0.0913. The topological polar surface area (TPSA) is 36.3 Å². The number of nitriles is 1. The zero-order valence-electron chi connectivity index (χ0n) is 11.5. The third-order valence-electron chi connectivity index (χ3n) is 4.40. The number of hydrogen-bond acceptors (Lipinski definition) is 3. The van der Waals surface area contributed by atoms with Crippen LogP contribution in [0, 0.1) is 17.1 Å². The van der Waals surface area contributed by atoms with E-state index >= 15 is 0 Å². The number of nitrogens with zero attached hydrogens (tertiary/aromatic N) is 2. The van der Waals surface area contributed by atoms with Gasteiger partial charge >= 0.3 is 0 Å². The summed E-state index contributed by atoms with van der Waals surface area (Å²) < 4.78 is 19.8. The molecule has 2 fully saturated rings. The maximum absolute atomic E-state index is 14.0. The van der Waals surface area contributed by atoms with Gasteiger partial charge in [0.2, 0.25) is 0 Å². The van der Waals surface area contributed by atoms with E-state index in [-0.39, 0.29) is 5.82 Å². The summed E-state index contributed by atoms with van der Waals surface area (Å²) in [6, 6.07) is 7.15. The minimum absolute atomic E-state index is 0.275. The lowest BCUT2D eigenvalue weighted by atomic mass is 9.90. The van der Waals surface area contributed by atoms with E-state index in [1.54, 1.807) is 12.1 Å². The van der Waals surface area contributed by atoms with Crippen LogP contribution < -0.4 is 0 Å². The standard InChI is InChI=1S/C16H19FN2O/c17-14-9-12(10-18)5-6-13(14)11-19-7-8-20-16-4-2-1-3-15(16)19/h5-6,9,15-16H,1-4,7-8,11H2/t15-,16-/m1/s1. The Morgan fingerprint density at radius 1 is 1.35 bits per heavy atom. The number of benzene rings is 1. The van der Waals surface area contributed by atoms with Crippen molar-refractivity contribution in [3.8, 4) is 6.07 Å². The fourth-order valence-corrected chi connectivity index (χ4v) is 3.34. The van der Waals surface area contributed by atoms with Crippen molar-refractivity contribution in [2.24, 2.45) is 0 Å². The number of morpholine rings is 1. The van der Waals surface area contributed by atoms with Gasteiger partial charge in [-0.3, -0.25) is 4.90 Å². The summed E-state index contributed by atoms with van der Waals surface area (Å²) >= 11 is 0. The number of fused-ring (bicyclic) bond motifs is 1. The van der Waals surface area contributed by atoms with Crippen LogP contribution in [0.4, 0.5) is 4.39 Å². The van der Waals surface area contributed by atoms with Crippen LogP contribution in [0.15, 0.2) is 18.2 Å². The van der Waals surface area contributed by atoms with Crippen LogP contribution in [-0.2, 0) is 11.3 Å². The number of hydrogen-bond donors (Lipinski definition) is 0. The molecule has 1 saturated carbocycles. The predicted octanol–water partition coefficient (Wildman–Crippen LogP) is 2.84. The number of ether oxygens (including phenoxy) is 1. The first-order valence-electron chi connectivity index (χ1n) is 7.32. The van der Waals surface area contributed by atoms with Crippen LogP contribution >= 0.6 is 0 Å². The second kappa shape index (κ2) is 5.90. The lowest BCUT2D eigenvalue weighted by Crippen LogP contribution is -2.52. The van der Waals surface area contributed by atoms with Crippen molar-refractivity contribution >= 4 is 0 Å². The number of halogens is 1. The number of rotatable bonds is 2.